The number of piperazine rings is 1. The van der Waals surface area contributed by atoms with Crippen molar-refractivity contribution in [2.75, 3.05) is 31.9 Å². The molecule has 1 aromatic heterocycles. The summed E-state index contributed by atoms with van der Waals surface area (Å²) in [7, 11) is -4.04. The maximum atomic E-state index is 13.4. The lowest BCUT2D eigenvalue weighted by Gasteiger charge is -2.34. The van der Waals surface area contributed by atoms with E-state index in [-0.39, 0.29) is 47.8 Å². The quantitative estimate of drug-likeness (QED) is 0.485. The summed E-state index contributed by atoms with van der Waals surface area (Å²) in [5.41, 5.74) is -0.887. The van der Waals surface area contributed by atoms with E-state index in [4.69, 9.17) is 0 Å². The summed E-state index contributed by atoms with van der Waals surface area (Å²) in [4.78, 5) is 17.1. The van der Waals surface area contributed by atoms with E-state index >= 15 is 0 Å². The first-order valence-corrected chi connectivity index (χ1v) is 11.3. The second kappa shape index (κ2) is 9.09. The van der Waals surface area contributed by atoms with Crippen molar-refractivity contribution in [2.24, 2.45) is 0 Å². The molecule has 0 radical (unpaired) electrons. The Balaban J connectivity index is 1.54. The van der Waals surface area contributed by atoms with E-state index in [1.807, 2.05) is 0 Å². The van der Waals surface area contributed by atoms with Gasteiger partial charge in [-0.15, -0.1) is 0 Å². The maximum absolute atomic E-state index is 13.4. The minimum absolute atomic E-state index is 0.0315. The molecule has 3 rings (SSSR count). The van der Waals surface area contributed by atoms with Crippen LogP contribution >= 0.6 is 11.8 Å². The zero-order valence-electron chi connectivity index (χ0n) is 15.8. The van der Waals surface area contributed by atoms with Crippen molar-refractivity contribution in [3.8, 4) is 0 Å². The van der Waals surface area contributed by atoms with E-state index in [0.29, 0.717) is 12.3 Å². The smallest absolute Gasteiger partial charge is 0.339 e. The molecule has 0 unspecified atom stereocenters. The van der Waals surface area contributed by atoms with Crippen LogP contribution in [0.1, 0.15) is 5.56 Å². The number of rotatable bonds is 5. The topological polar surface area (TPSA) is 70.6 Å². The molecule has 1 saturated heterocycles. The van der Waals surface area contributed by atoms with Crippen molar-refractivity contribution >= 4 is 27.7 Å². The third kappa shape index (κ3) is 5.52. The summed E-state index contributed by atoms with van der Waals surface area (Å²) in [5.74, 6) is -2.83. The predicted octanol–water partition coefficient (Wildman–Crippen LogP) is 3.00. The summed E-state index contributed by atoms with van der Waals surface area (Å²) >= 11 is 0.969. The zero-order valence-corrected chi connectivity index (χ0v) is 17.4. The van der Waals surface area contributed by atoms with Gasteiger partial charge in [-0.2, -0.15) is 17.5 Å². The molecule has 0 atom stereocenters. The highest BCUT2D eigenvalue weighted by Gasteiger charge is 2.32. The third-order valence-corrected chi connectivity index (χ3v) is 7.35. The second-order valence-corrected chi connectivity index (χ2v) is 9.47. The van der Waals surface area contributed by atoms with Gasteiger partial charge in [0.1, 0.15) is 0 Å². The largest absolute Gasteiger partial charge is 0.417 e. The van der Waals surface area contributed by atoms with Gasteiger partial charge in [0, 0.05) is 32.4 Å². The molecule has 31 heavy (non-hydrogen) atoms. The van der Waals surface area contributed by atoms with Crippen molar-refractivity contribution < 1.29 is 35.2 Å². The van der Waals surface area contributed by atoms with Crippen LogP contribution in [-0.4, -0.2) is 60.4 Å². The Kier molecular flexibility index (Phi) is 6.86. The Morgan fingerprint density at radius 3 is 2.26 bits per heavy atom. The summed E-state index contributed by atoms with van der Waals surface area (Å²) < 4.78 is 90.3. The van der Waals surface area contributed by atoms with E-state index in [2.05, 4.69) is 4.98 Å². The normalized spacial score (nSPS) is 15.8. The van der Waals surface area contributed by atoms with Gasteiger partial charge in [0.15, 0.2) is 11.6 Å². The van der Waals surface area contributed by atoms with Gasteiger partial charge in [0.2, 0.25) is 15.9 Å². The van der Waals surface area contributed by atoms with Crippen molar-refractivity contribution in [1.82, 2.24) is 14.2 Å². The molecule has 0 aliphatic carbocycles. The molecule has 0 saturated carbocycles. The first kappa shape index (κ1) is 23.4. The first-order chi connectivity index (χ1) is 14.5. The molecule has 0 spiro atoms. The number of sulfonamides is 1. The molecule has 1 amide bonds. The van der Waals surface area contributed by atoms with E-state index < -0.39 is 33.4 Å². The highest BCUT2D eigenvalue weighted by Crippen LogP contribution is 2.29. The SMILES string of the molecule is O=C(CSc1ccc(C(F)(F)F)cn1)N1CCN(S(=O)(=O)c2ccc(F)c(F)c2)CC1. The number of benzene rings is 1. The zero-order chi connectivity index (χ0) is 22.8. The first-order valence-electron chi connectivity index (χ1n) is 8.87. The molecule has 168 valence electrons. The number of nitrogens with zero attached hydrogens (tertiary/aromatic N) is 3. The lowest BCUT2D eigenvalue weighted by Crippen LogP contribution is -2.51. The number of hydrogen-bond donors (Lipinski definition) is 0. The maximum Gasteiger partial charge on any atom is 0.417 e. The van der Waals surface area contributed by atoms with Gasteiger partial charge >= 0.3 is 6.18 Å². The Bertz CT molecular complexity index is 1050. The molecule has 13 heteroatoms. The fraction of sp³-hybridized carbons (Fsp3) is 0.333. The number of pyridine rings is 1. The van der Waals surface area contributed by atoms with Crippen LogP contribution in [0.4, 0.5) is 22.0 Å². The number of amides is 1. The minimum Gasteiger partial charge on any atom is -0.339 e. The standard InChI is InChI=1S/C18H16F5N3O3S2/c19-14-3-2-13(9-15(14)20)31(28,29)26-7-5-25(6-8-26)17(27)11-30-16-4-1-12(10-24-16)18(21,22)23/h1-4,9-10H,5-8,11H2. The van der Waals surface area contributed by atoms with E-state index in [0.717, 1.165) is 34.3 Å². The minimum atomic E-state index is -4.49. The van der Waals surface area contributed by atoms with Crippen molar-refractivity contribution in [2.45, 2.75) is 16.1 Å². The average Bonchev–Trinajstić information content (AvgIpc) is 2.73. The molecule has 1 aromatic carbocycles. The fourth-order valence-electron chi connectivity index (χ4n) is 2.82. The average molecular weight is 481 g/mol. The molecule has 1 aliphatic heterocycles. The number of aromatic nitrogens is 1. The van der Waals surface area contributed by atoms with Gasteiger partial charge in [-0.25, -0.2) is 22.2 Å². The number of thioether (sulfide) groups is 1. The van der Waals surface area contributed by atoms with E-state index in [1.54, 1.807) is 0 Å². The molecule has 6 nitrogen and oxygen atoms in total. The van der Waals surface area contributed by atoms with Gasteiger partial charge in [-0.1, -0.05) is 11.8 Å². The van der Waals surface area contributed by atoms with Gasteiger partial charge in [-0.05, 0) is 30.3 Å². The van der Waals surface area contributed by atoms with Crippen molar-refractivity contribution in [1.29, 1.82) is 0 Å². The molecule has 1 fully saturated rings. The highest BCUT2D eigenvalue weighted by atomic mass is 32.2. The summed E-state index contributed by atoms with van der Waals surface area (Å²) in [5, 5.41) is 0.251. The Morgan fingerprint density at radius 1 is 1.03 bits per heavy atom. The van der Waals surface area contributed by atoms with Crippen LogP contribution in [0.15, 0.2) is 46.5 Å². The molecular formula is C18H16F5N3O3S2. The lowest BCUT2D eigenvalue weighted by molar-refractivity contribution is -0.138. The monoisotopic (exact) mass is 481 g/mol. The van der Waals surface area contributed by atoms with Crippen LogP contribution in [-0.2, 0) is 21.0 Å². The summed E-state index contributed by atoms with van der Waals surface area (Å²) in [6.07, 6.45) is -3.81. The summed E-state index contributed by atoms with van der Waals surface area (Å²) in [6.45, 7) is 0.109. The lowest BCUT2D eigenvalue weighted by atomic mass is 10.3. The molecule has 0 bridgehead atoms. The Hall–Kier alpha value is -2.25. The number of alkyl halides is 3. The highest BCUT2D eigenvalue weighted by molar-refractivity contribution is 7.99. The van der Waals surface area contributed by atoms with Crippen molar-refractivity contribution in [3.05, 3.63) is 53.7 Å². The molecular weight excluding hydrogens is 465 g/mol. The predicted molar refractivity (Wildman–Crippen MR) is 102 cm³/mol. The van der Waals surface area contributed by atoms with Crippen LogP contribution in [0.25, 0.3) is 0 Å². The second-order valence-electron chi connectivity index (χ2n) is 6.53. The van der Waals surface area contributed by atoms with E-state index in [9.17, 15) is 35.2 Å². The molecule has 0 N–H and O–H groups in total. The Labute approximate surface area is 179 Å². The van der Waals surface area contributed by atoms with Crippen LogP contribution in [0.3, 0.4) is 0 Å². The fourth-order valence-corrected chi connectivity index (χ4v) is 5.00. The van der Waals surface area contributed by atoms with Gasteiger partial charge in [0.05, 0.1) is 21.2 Å². The number of carbonyl (C=O) groups is 1. The molecule has 2 aromatic rings. The third-order valence-electron chi connectivity index (χ3n) is 4.53. The number of hydrogen-bond acceptors (Lipinski definition) is 5. The van der Waals surface area contributed by atoms with Crippen LogP contribution < -0.4 is 0 Å². The van der Waals surface area contributed by atoms with Gasteiger partial charge in [0.25, 0.3) is 0 Å². The van der Waals surface area contributed by atoms with Gasteiger partial charge < -0.3 is 4.90 Å². The van der Waals surface area contributed by atoms with Crippen molar-refractivity contribution in [3.63, 3.8) is 0 Å². The Morgan fingerprint density at radius 2 is 1.71 bits per heavy atom. The number of carbonyl (C=O) groups excluding carboxylic acids is 1. The number of halogens is 5. The van der Waals surface area contributed by atoms with Crippen LogP contribution in [0.5, 0.6) is 0 Å². The molecule has 1 aliphatic rings. The molecule has 2 heterocycles. The van der Waals surface area contributed by atoms with E-state index in [1.165, 1.54) is 11.0 Å². The summed E-state index contributed by atoms with van der Waals surface area (Å²) in [6, 6.07) is 4.36. The van der Waals surface area contributed by atoms with Gasteiger partial charge in [-0.3, -0.25) is 4.79 Å². The van der Waals surface area contributed by atoms with Crippen LogP contribution in [0, 0.1) is 11.6 Å². The van der Waals surface area contributed by atoms with Crippen LogP contribution in [0.2, 0.25) is 0 Å².